The normalized spacial score (nSPS) is 15.5. The predicted octanol–water partition coefficient (Wildman–Crippen LogP) is 4.93. The molecule has 30 heavy (non-hydrogen) atoms. The molecule has 0 bridgehead atoms. The number of carbonyl (C=O) groups is 1. The Hall–Kier alpha value is -3.34. The number of amides is 1. The largest absolute Gasteiger partial charge is 0.494 e. The van der Waals surface area contributed by atoms with Gasteiger partial charge in [0.1, 0.15) is 11.3 Å². The lowest BCUT2D eigenvalue weighted by molar-refractivity contribution is 0.0748. The molecule has 1 amide bonds. The molecule has 2 heterocycles. The summed E-state index contributed by atoms with van der Waals surface area (Å²) in [5, 5.41) is 0.503. The van der Waals surface area contributed by atoms with Gasteiger partial charge in [0, 0.05) is 6.54 Å². The lowest BCUT2D eigenvalue weighted by atomic mass is 9.97. The van der Waals surface area contributed by atoms with Crippen LogP contribution in [0, 0.1) is 13.8 Å². The summed E-state index contributed by atoms with van der Waals surface area (Å²) in [6.45, 7) is 10.6. The van der Waals surface area contributed by atoms with Crippen molar-refractivity contribution in [3.63, 3.8) is 0 Å². The monoisotopic (exact) mass is 403 g/mol. The fourth-order valence-electron chi connectivity index (χ4n) is 4.14. The van der Waals surface area contributed by atoms with Gasteiger partial charge in [0.2, 0.25) is 5.76 Å². The summed E-state index contributed by atoms with van der Waals surface area (Å²) < 4.78 is 11.8. The maximum absolute atomic E-state index is 13.6. The summed E-state index contributed by atoms with van der Waals surface area (Å²) >= 11 is 0. The highest BCUT2D eigenvalue weighted by atomic mass is 16.5. The van der Waals surface area contributed by atoms with Crippen LogP contribution in [0.15, 0.2) is 58.3 Å². The standard InChI is InChI=1S/C25H25NO4/c1-5-10-26-21(17-8-7-9-18(14-17)29-11-6-2)20-22(27)19-13-15(3)12-16(4)23(19)30-24(20)25(26)28/h5,7-9,12-14,21H,1,6,10-11H2,2-4H3. The molecule has 4 rings (SSSR count). The third kappa shape index (κ3) is 3.20. The minimum Gasteiger partial charge on any atom is -0.494 e. The van der Waals surface area contributed by atoms with Crippen molar-refractivity contribution in [2.24, 2.45) is 0 Å². The van der Waals surface area contributed by atoms with Gasteiger partial charge in [-0.15, -0.1) is 6.58 Å². The van der Waals surface area contributed by atoms with Gasteiger partial charge < -0.3 is 14.1 Å². The van der Waals surface area contributed by atoms with E-state index in [9.17, 15) is 9.59 Å². The number of rotatable bonds is 6. The number of hydrogen-bond acceptors (Lipinski definition) is 4. The van der Waals surface area contributed by atoms with Crippen molar-refractivity contribution < 1.29 is 13.9 Å². The van der Waals surface area contributed by atoms with E-state index in [0.717, 1.165) is 23.1 Å². The van der Waals surface area contributed by atoms with Crippen LogP contribution in [0.5, 0.6) is 5.75 Å². The fraction of sp³-hybridized carbons (Fsp3) is 0.280. The lowest BCUT2D eigenvalue weighted by Gasteiger charge is -2.24. The van der Waals surface area contributed by atoms with Crippen molar-refractivity contribution >= 4 is 16.9 Å². The van der Waals surface area contributed by atoms with E-state index in [-0.39, 0.29) is 17.1 Å². The first-order valence-corrected chi connectivity index (χ1v) is 10.2. The number of ether oxygens (including phenoxy) is 1. The van der Waals surface area contributed by atoms with Gasteiger partial charge in [0.05, 0.1) is 23.6 Å². The van der Waals surface area contributed by atoms with Gasteiger partial charge in [0.15, 0.2) is 5.43 Å². The first kappa shape index (κ1) is 20.0. The van der Waals surface area contributed by atoms with Gasteiger partial charge in [-0.05, 0) is 55.2 Å². The van der Waals surface area contributed by atoms with Crippen LogP contribution in [0.4, 0.5) is 0 Å². The topological polar surface area (TPSA) is 59.8 Å². The zero-order chi connectivity index (χ0) is 21.4. The van der Waals surface area contributed by atoms with E-state index in [2.05, 4.69) is 6.58 Å². The predicted molar refractivity (Wildman–Crippen MR) is 117 cm³/mol. The molecular formula is C25H25NO4. The number of fused-ring (bicyclic) bond motifs is 2. The zero-order valence-corrected chi connectivity index (χ0v) is 17.5. The second kappa shape index (κ2) is 7.82. The van der Waals surface area contributed by atoms with Crippen LogP contribution in [0.2, 0.25) is 0 Å². The molecule has 0 spiro atoms. The van der Waals surface area contributed by atoms with E-state index >= 15 is 0 Å². The minimum absolute atomic E-state index is 0.117. The summed E-state index contributed by atoms with van der Waals surface area (Å²) in [7, 11) is 0. The molecule has 0 fully saturated rings. The zero-order valence-electron chi connectivity index (χ0n) is 17.5. The van der Waals surface area contributed by atoms with Crippen LogP contribution in [-0.4, -0.2) is 24.0 Å². The maximum Gasteiger partial charge on any atom is 0.291 e. The molecular weight excluding hydrogens is 378 g/mol. The minimum atomic E-state index is -0.544. The van der Waals surface area contributed by atoms with Crippen molar-refractivity contribution in [2.45, 2.75) is 33.2 Å². The number of nitrogens with zero attached hydrogens (tertiary/aromatic N) is 1. The Morgan fingerprint density at radius 3 is 2.73 bits per heavy atom. The molecule has 1 aliphatic heterocycles. The van der Waals surface area contributed by atoms with E-state index in [1.165, 1.54) is 0 Å². The molecule has 5 heteroatoms. The summed E-state index contributed by atoms with van der Waals surface area (Å²) in [5.74, 6) is 0.533. The first-order valence-electron chi connectivity index (χ1n) is 10.2. The molecule has 0 N–H and O–H groups in total. The molecule has 5 nitrogen and oxygen atoms in total. The van der Waals surface area contributed by atoms with Crippen LogP contribution >= 0.6 is 0 Å². The summed E-state index contributed by atoms with van der Waals surface area (Å²) in [5.41, 5.74) is 3.32. The number of benzene rings is 2. The van der Waals surface area contributed by atoms with Crippen molar-refractivity contribution in [3.8, 4) is 5.75 Å². The molecule has 1 unspecified atom stereocenters. The highest BCUT2D eigenvalue weighted by Gasteiger charge is 2.42. The second-order valence-corrected chi connectivity index (χ2v) is 7.70. The van der Waals surface area contributed by atoms with Crippen LogP contribution in [-0.2, 0) is 0 Å². The van der Waals surface area contributed by atoms with Crippen molar-refractivity contribution in [1.29, 1.82) is 0 Å². The third-order valence-corrected chi connectivity index (χ3v) is 5.37. The molecule has 154 valence electrons. The summed E-state index contributed by atoms with van der Waals surface area (Å²) in [4.78, 5) is 28.4. The van der Waals surface area contributed by atoms with E-state index in [1.54, 1.807) is 11.0 Å². The molecule has 0 radical (unpaired) electrons. The fourth-order valence-corrected chi connectivity index (χ4v) is 4.14. The van der Waals surface area contributed by atoms with Gasteiger partial charge in [0.25, 0.3) is 5.91 Å². The average molecular weight is 403 g/mol. The third-order valence-electron chi connectivity index (χ3n) is 5.37. The van der Waals surface area contributed by atoms with Gasteiger partial charge in [-0.1, -0.05) is 31.2 Å². The van der Waals surface area contributed by atoms with Crippen LogP contribution in [0.25, 0.3) is 11.0 Å². The SMILES string of the molecule is C=CCN1C(=O)c2oc3c(C)cc(C)cc3c(=O)c2C1c1cccc(OCCC)c1. The summed E-state index contributed by atoms with van der Waals surface area (Å²) in [6, 6.07) is 10.8. The van der Waals surface area contributed by atoms with Crippen LogP contribution in [0.1, 0.15) is 52.2 Å². The number of hydrogen-bond donors (Lipinski definition) is 0. The Morgan fingerprint density at radius 2 is 2.00 bits per heavy atom. The molecule has 1 aliphatic rings. The number of carbonyl (C=O) groups excluding carboxylic acids is 1. The Morgan fingerprint density at radius 1 is 1.20 bits per heavy atom. The van der Waals surface area contributed by atoms with E-state index < -0.39 is 6.04 Å². The Kier molecular flexibility index (Phi) is 5.20. The van der Waals surface area contributed by atoms with E-state index in [0.29, 0.717) is 35.4 Å². The van der Waals surface area contributed by atoms with Crippen LogP contribution in [0.3, 0.4) is 0 Å². The molecule has 2 aromatic carbocycles. The molecule has 1 aromatic heterocycles. The van der Waals surface area contributed by atoms with Gasteiger partial charge in [-0.25, -0.2) is 0 Å². The van der Waals surface area contributed by atoms with Gasteiger partial charge >= 0.3 is 0 Å². The molecule has 0 aliphatic carbocycles. The van der Waals surface area contributed by atoms with Crippen molar-refractivity contribution in [3.05, 3.63) is 87.3 Å². The Balaban J connectivity index is 1.96. The van der Waals surface area contributed by atoms with Crippen molar-refractivity contribution in [1.82, 2.24) is 4.90 Å². The Bertz CT molecular complexity index is 1210. The molecule has 0 saturated carbocycles. The highest BCUT2D eigenvalue weighted by molar-refractivity contribution is 5.99. The highest BCUT2D eigenvalue weighted by Crippen LogP contribution is 2.39. The first-order chi connectivity index (χ1) is 14.5. The van der Waals surface area contributed by atoms with Gasteiger partial charge in [-0.3, -0.25) is 9.59 Å². The number of aryl methyl sites for hydroxylation is 2. The van der Waals surface area contributed by atoms with Crippen molar-refractivity contribution in [2.75, 3.05) is 13.2 Å². The average Bonchev–Trinajstić information content (AvgIpc) is 3.00. The summed E-state index contributed by atoms with van der Waals surface area (Å²) in [6.07, 6.45) is 2.56. The lowest BCUT2D eigenvalue weighted by Crippen LogP contribution is -2.29. The van der Waals surface area contributed by atoms with Gasteiger partial charge in [-0.2, -0.15) is 0 Å². The smallest absolute Gasteiger partial charge is 0.291 e. The molecule has 1 atom stereocenters. The van der Waals surface area contributed by atoms with E-state index in [4.69, 9.17) is 9.15 Å². The second-order valence-electron chi connectivity index (χ2n) is 7.70. The molecule has 3 aromatic rings. The quantitative estimate of drug-likeness (QED) is 0.548. The van der Waals surface area contributed by atoms with E-state index in [1.807, 2.05) is 57.2 Å². The maximum atomic E-state index is 13.6. The Labute approximate surface area is 175 Å². The molecule has 0 saturated heterocycles. The van der Waals surface area contributed by atoms with Crippen LogP contribution < -0.4 is 10.2 Å².